The van der Waals surface area contributed by atoms with Crippen molar-refractivity contribution >= 4 is 29.1 Å². The lowest BCUT2D eigenvalue weighted by Gasteiger charge is -2.21. The van der Waals surface area contributed by atoms with E-state index in [-0.39, 0.29) is 17.7 Å². The SMILES string of the molecule is CC(C)C(NC(=O)c1ccc(Cl)cc1)C(=O)Nc1ccncc1. The van der Waals surface area contributed by atoms with Gasteiger partial charge < -0.3 is 10.6 Å². The van der Waals surface area contributed by atoms with Crippen LogP contribution in [0.15, 0.2) is 48.8 Å². The Morgan fingerprint density at radius 2 is 1.65 bits per heavy atom. The minimum Gasteiger partial charge on any atom is -0.340 e. The van der Waals surface area contributed by atoms with Crippen molar-refractivity contribution in [3.8, 4) is 0 Å². The standard InChI is InChI=1S/C17H18ClN3O2/c1-11(2)15(17(23)20-14-7-9-19-10-8-14)21-16(22)12-3-5-13(18)6-4-12/h3-11,15H,1-2H3,(H,21,22)(H,19,20,23). The number of rotatable bonds is 5. The number of anilines is 1. The molecule has 2 N–H and O–H groups in total. The molecule has 120 valence electrons. The van der Waals surface area contributed by atoms with Crippen LogP contribution in [0.4, 0.5) is 5.69 Å². The maximum Gasteiger partial charge on any atom is 0.251 e. The van der Waals surface area contributed by atoms with Crippen LogP contribution in [-0.4, -0.2) is 22.8 Å². The topological polar surface area (TPSA) is 71.1 Å². The quantitative estimate of drug-likeness (QED) is 0.884. The smallest absolute Gasteiger partial charge is 0.251 e. The Labute approximate surface area is 140 Å². The summed E-state index contributed by atoms with van der Waals surface area (Å²) < 4.78 is 0. The average Bonchev–Trinajstić information content (AvgIpc) is 2.53. The van der Waals surface area contributed by atoms with Crippen LogP contribution in [0.25, 0.3) is 0 Å². The second-order valence-corrected chi connectivity index (χ2v) is 5.86. The number of carbonyl (C=O) groups excluding carboxylic acids is 2. The third-order valence-corrected chi connectivity index (χ3v) is 3.54. The van der Waals surface area contributed by atoms with E-state index >= 15 is 0 Å². The van der Waals surface area contributed by atoms with Gasteiger partial charge in [0.15, 0.2) is 0 Å². The number of carbonyl (C=O) groups is 2. The summed E-state index contributed by atoms with van der Waals surface area (Å²) in [7, 11) is 0. The maximum absolute atomic E-state index is 12.4. The summed E-state index contributed by atoms with van der Waals surface area (Å²) in [6, 6.07) is 9.25. The van der Waals surface area contributed by atoms with E-state index in [2.05, 4.69) is 15.6 Å². The van der Waals surface area contributed by atoms with Gasteiger partial charge in [0, 0.05) is 28.7 Å². The molecule has 0 bridgehead atoms. The van der Waals surface area contributed by atoms with E-state index in [0.717, 1.165) is 0 Å². The van der Waals surface area contributed by atoms with Crippen molar-refractivity contribution in [1.29, 1.82) is 0 Å². The molecule has 6 heteroatoms. The monoisotopic (exact) mass is 331 g/mol. The third-order valence-electron chi connectivity index (χ3n) is 3.29. The van der Waals surface area contributed by atoms with Crippen molar-refractivity contribution < 1.29 is 9.59 Å². The highest BCUT2D eigenvalue weighted by Gasteiger charge is 2.24. The molecule has 0 spiro atoms. The molecule has 2 amide bonds. The summed E-state index contributed by atoms with van der Waals surface area (Å²) in [5.74, 6) is -0.646. The molecule has 5 nitrogen and oxygen atoms in total. The van der Waals surface area contributed by atoms with Crippen LogP contribution in [0.2, 0.25) is 5.02 Å². The van der Waals surface area contributed by atoms with E-state index in [9.17, 15) is 9.59 Å². The number of aromatic nitrogens is 1. The predicted octanol–water partition coefficient (Wildman–Crippen LogP) is 3.13. The van der Waals surface area contributed by atoms with Gasteiger partial charge in [-0.3, -0.25) is 14.6 Å². The Bertz CT molecular complexity index is 672. The van der Waals surface area contributed by atoms with Gasteiger partial charge in [0.25, 0.3) is 5.91 Å². The molecule has 23 heavy (non-hydrogen) atoms. The van der Waals surface area contributed by atoms with Gasteiger partial charge >= 0.3 is 0 Å². The zero-order chi connectivity index (χ0) is 16.8. The van der Waals surface area contributed by atoms with Crippen molar-refractivity contribution in [3.63, 3.8) is 0 Å². The second kappa shape index (κ2) is 7.74. The summed E-state index contributed by atoms with van der Waals surface area (Å²) in [6.07, 6.45) is 3.18. The Kier molecular flexibility index (Phi) is 5.71. The van der Waals surface area contributed by atoms with Gasteiger partial charge in [0.05, 0.1) is 0 Å². The summed E-state index contributed by atoms with van der Waals surface area (Å²) >= 11 is 5.81. The summed E-state index contributed by atoms with van der Waals surface area (Å²) in [4.78, 5) is 28.6. The normalized spacial score (nSPS) is 11.8. The van der Waals surface area contributed by atoms with E-state index in [4.69, 9.17) is 11.6 Å². The minimum atomic E-state index is -0.647. The molecule has 0 aliphatic carbocycles. The number of benzene rings is 1. The fraction of sp³-hybridized carbons (Fsp3) is 0.235. The molecule has 0 aliphatic heterocycles. The van der Waals surface area contributed by atoms with Crippen LogP contribution in [0.5, 0.6) is 0 Å². The van der Waals surface area contributed by atoms with E-state index in [0.29, 0.717) is 16.3 Å². The summed E-state index contributed by atoms with van der Waals surface area (Å²) in [5.41, 5.74) is 1.09. The Balaban J connectivity index is 2.07. The Hall–Kier alpha value is -2.40. The molecule has 0 saturated carbocycles. The first kappa shape index (κ1) is 17.0. The van der Waals surface area contributed by atoms with E-state index in [1.54, 1.807) is 48.8 Å². The molecular weight excluding hydrogens is 314 g/mol. The summed E-state index contributed by atoms with van der Waals surface area (Å²) in [5, 5.41) is 6.09. The second-order valence-electron chi connectivity index (χ2n) is 5.43. The first-order valence-corrected chi connectivity index (χ1v) is 7.62. The molecule has 0 fully saturated rings. The van der Waals surface area contributed by atoms with E-state index < -0.39 is 6.04 Å². The van der Waals surface area contributed by atoms with Crippen LogP contribution in [0, 0.1) is 5.92 Å². The molecule has 0 radical (unpaired) electrons. The van der Waals surface area contributed by atoms with Gasteiger partial charge in [-0.2, -0.15) is 0 Å². The fourth-order valence-corrected chi connectivity index (χ4v) is 2.14. The number of nitrogens with zero attached hydrogens (tertiary/aromatic N) is 1. The van der Waals surface area contributed by atoms with Crippen LogP contribution < -0.4 is 10.6 Å². The number of nitrogens with one attached hydrogen (secondary N) is 2. The van der Waals surface area contributed by atoms with Crippen LogP contribution >= 0.6 is 11.6 Å². The molecule has 1 heterocycles. The van der Waals surface area contributed by atoms with Crippen LogP contribution in [-0.2, 0) is 4.79 Å². The van der Waals surface area contributed by atoms with Crippen molar-refractivity contribution in [2.45, 2.75) is 19.9 Å². The molecule has 2 aromatic rings. The zero-order valence-electron chi connectivity index (χ0n) is 12.9. The van der Waals surface area contributed by atoms with Gasteiger partial charge in [-0.05, 0) is 42.3 Å². The maximum atomic E-state index is 12.4. The number of hydrogen-bond donors (Lipinski definition) is 2. The molecule has 2 rings (SSSR count). The highest BCUT2D eigenvalue weighted by atomic mass is 35.5. The molecule has 1 unspecified atom stereocenters. The lowest BCUT2D eigenvalue weighted by molar-refractivity contribution is -0.118. The molecule has 1 aromatic heterocycles. The van der Waals surface area contributed by atoms with Gasteiger partial charge in [0.1, 0.15) is 6.04 Å². The van der Waals surface area contributed by atoms with Gasteiger partial charge in [-0.1, -0.05) is 25.4 Å². The van der Waals surface area contributed by atoms with Gasteiger partial charge in [0.2, 0.25) is 5.91 Å². The molecule has 1 atom stereocenters. The first-order valence-electron chi connectivity index (χ1n) is 7.24. The number of hydrogen-bond acceptors (Lipinski definition) is 3. The Morgan fingerprint density at radius 3 is 2.22 bits per heavy atom. The first-order chi connectivity index (χ1) is 11.0. The van der Waals surface area contributed by atoms with Gasteiger partial charge in [-0.25, -0.2) is 0 Å². The van der Waals surface area contributed by atoms with E-state index in [1.165, 1.54) is 0 Å². The highest BCUT2D eigenvalue weighted by Crippen LogP contribution is 2.12. The van der Waals surface area contributed by atoms with Crippen molar-refractivity contribution in [2.24, 2.45) is 5.92 Å². The largest absolute Gasteiger partial charge is 0.340 e. The van der Waals surface area contributed by atoms with Crippen molar-refractivity contribution in [1.82, 2.24) is 10.3 Å². The number of amides is 2. The third kappa shape index (κ3) is 4.79. The van der Waals surface area contributed by atoms with Crippen LogP contribution in [0.1, 0.15) is 24.2 Å². The average molecular weight is 332 g/mol. The van der Waals surface area contributed by atoms with E-state index in [1.807, 2.05) is 13.8 Å². The molecule has 0 saturated heterocycles. The molecule has 1 aromatic carbocycles. The lowest BCUT2D eigenvalue weighted by Crippen LogP contribution is -2.47. The van der Waals surface area contributed by atoms with Gasteiger partial charge in [-0.15, -0.1) is 0 Å². The lowest BCUT2D eigenvalue weighted by atomic mass is 10.0. The highest BCUT2D eigenvalue weighted by molar-refractivity contribution is 6.30. The summed E-state index contributed by atoms with van der Waals surface area (Å²) in [6.45, 7) is 3.75. The zero-order valence-corrected chi connectivity index (χ0v) is 13.7. The fourth-order valence-electron chi connectivity index (χ4n) is 2.02. The number of pyridine rings is 1. The number of halogens is 1. The Morgan fingerprint density at radius 1 is 1.04 bits per heavy atom. The molecule has 0 aliphatic rings. The minimum absolute atomic E-state index is 0.0620. The van der Waals surface area contributed by atoms with Crippen LogP contribution in [0.3, 0.4) is 0 Å². The van der Waals surface area contributed by atoms with Crippen molar-refractivity contribution in [2.75, 3.05) is 5.32 Å². The van der Waals surface area contributed by atoms with Crippen molar-refractivity contribution in [3.05, 3.63) is 59.4 Å². The predicted molar refractivity (Wildman–Crippen MR) is 90.4 cm³/mol. The molecular formula is C17H18ClN3O2.